The maximum Gasteiger partial charge on any atom is 0.308 e. The SMILES string of the molecule is CC(=O)Oc1c(-c2ccccc2Cl)noc1C(F)F. The second kappa shape index (κ2) is 5.36. The topological polar surface area (TPSA) is 52.3 Å². The van der Waals surface area contributed by atoms with E-state index in [0.717, 1.165) is 6.92 Å². The standard InChI is InChI=1S/C12H8ClF2NO3/c1-6(17)18-10-9(16-19-11(10)12(14)15)7-4-2-3-5-8(7)13/h2-5,12H,1H3. The van der Waals surface area contributed by atoms with Gasteiger partial charge in [-0.1, -0.05) is 35.0 Å². The van der Waals surface area contributed by atoms with Gasteiger partial charge in [0.05, 0.1) is 5.02 Å². The fourth-order valence-electron chi connectivity index (χ4n) is 1.50. The fraction of sp³-hybridized carbons (Fsp3) is 0.167. The summed E-state index contributed by atoms with van der Waals surface area (Å²) in [5, 5.41) is 3.79. The molecule has 1 heterocycles. The molecule has 4 nitrogen and oxygen atoms in total. The summed E-state index contributed by atoms with van der Waals surface area (Å²) in [4.78, 5) is 11.0. The molecule has 1 aromatic carbocycles. The van der Waals surface area contributed by atoms with Gasteiger partial charge in [0.1, 0.15) is 0 Å². The Bertz CT molecular complexity index is 613. The number of alkyl halides is 2. The molecule has 0 N–H and O–H groups in total. The lowest BCUT2D eigenvalue weighted by Crippen LogP contribution is -2.03. The quantitative estimate of drug-likeness (QED) is 0.804. The van der Waals surface area contributed by atoms with Crippen molar-refractivity contribution >= 4 is 17.6 Å². The van der Waals surface area contributed by atoms with E-state index < -0.39 is 23.9 Å². The highest BCUT2D eigenvalue weighted by molar-refractivity contribution is 6.33. The number of hydrogen-bond acceptors (Lipinski definition) is 4. The van der Waals surface area contributed by atoms with Gasteiger partial charge >= 0.3 is 12.4 Å². The third-order valence-corrected chi connectivity index (χ3v) is 2.58. The van der Waals surface area contributed by atoms with Gasteiger partial charge in [0.15, 0.2) is 5.69 Å². The number of aromatic nitrogens is 1. The maximum atomic E-state index is 12.7. The van der Waals surface area contributed by atoms with Crippen molar-refractivity contribution in [3.8, 4) is 17.0 Å². The average Bonchev–Trinajstić information content (AvgIpc) is 2.72. The molecule has 2 rings (SSSR count). The molecule has 2 aromatic rings. The number of ether oxygens (including phenoxy) is 1. The van der Waals surface area contributed by atoms with Crippen LogP contribution >= 0.6 is 11.6 Å². The van der Waals surface area contributed by atoms with Crippen LogP contribution in [-0.4, -0.2) is 11.1 Å². The lowest BCUT2D eigenvalue weighted by atomic mass is 10.1. The van der Waals surface area contributed by atoms with Crippen LogP contribution in [0.5, 0.6) is 5.75 Å². The minimum absolute atomic E-state index is 0.0314. The Balaban J connectivity index is 2.58. The Hall–Kier alpha value is -1.95. The molecule has 19 heavy (non-hydrogen) atoms. The van der Waals surface area contributed by atoms with Crippen molar-refractivity contribution in [3.05, 3.63) is 35.0 Å². The van der Waals surface area contributed by atoms with Crippen LogP contribution in [0.3, 0.4) is 0 Å². The van der Waals surface area contributed by atoms with E-state index >= 15 is 0 Å². The normalized spacial score (nSPS) is 10.8. The number of esters is 1. The molecule has 7 heteroatoms. The maximum absolute atomic E-state index is 12.7. The monoisotopic (exact) mass is 287 g/mol. The van der Waals surface area contributed by atoms with E-state index in [1.165, 1.54) is 0 Å². The van der Waals surface area contributed by atoms with Crippen molar-refractivity contribution in [1.29, 1.82) is 0 Å². The van der Waals surface area contributed by atoms with Crippen molar-refractivity contribution in [2.24, 2.45) is 0 Å². The van der Waals surface area contributed by atoms with Crippen LogP contribution in [0.25, 0.3) is 11.3 Å². The number of nitrogens with zero attached hydrogens (tertiary/aromatic N) is 1. The third-order valence-electron chi connectivity index (χ3n) is 2.25. The van der Waals surface area contributed by atoms with E-state index in [0.29, 0.717) is 5.56 Å². The minimum Gasteiger partial charge on any atom is -0.420 e. The summed E-state index contributed by atoms with van der Waals surface area (Å²) in [6.07, 6.45) is -2.95. The Morgan fingerprint density at radius 1 is 1.42 bits per heavy atom. The summed E-state index contributed by atoms with van der Waals surface area (Å²) in [5.74, 6) is -1.96. The van der Waals surface area contributed by atoms with Crippen LogP contribution in [-0.2, 0) is 4.79 Å². The molecule has 0 atom stereocenters. The lowest BCUT2D eigenvalue weighted by Gasteiger charge is -2.04. The van der Waals surface area contributed by atoms with Gasteiger partial charge in [-0.2, -0.15) is 0 Å². The molecule has 0 radical (unpaired) electrons. The van der Waals surface area contributed by atoms with Gasteiger partial charge in [0, 0.05) is 12.5 Å². The summed E-state index contributed by atoms with van der Waals surface area (Å²) >= 11 is 5.95. The molecule has 100 valence electrons. The first kappa shape index (κ1) is 13.5. The Morgan fingerprint density at radius 2 is 2.11 bits per heavy atom. The average molecular weight is 288 g/mol. The summed E-state index contributed by atoms with van der Waals surface area (Å²) in [7, 11) is 0. The van der Waals surface area contributed by atoms with Crippen molar-refractivity contribution < 1.29 is 22.8 Å². The smallest absolute Gasteiger partial charge is 0.308 e. The van der Waals surface area contributed by atoms with E-state index in [2.05, 4.69) is 9.68 Å². The highest BCUT2D eigenvalue weighted by Gasteiger charge is 2.28. The molecular formula is C12H8ClF2NO3. The largest absolute Gasteiger partial charge is 0.420 e. The highest BCUT2D eigenvalue weighted by atomic mass is 35.5. The first-order valence-corrected chi connectivity index (χ1v) is 5.59. The van der Waals surface area contributed by atoms with Crippen LogP contribution in [0.15, 0.2) is 28.8 Å². The first-order chi connectivity index (χ1) is 9.00. The van der Waals surface area contributed by atoms with Gasteiger partial charge in [0.2, 0.25) is 11.5 Å². The summed E-state index contributed by atoms with van der Waals surface area (Å²) in [5.41, 5.74) is 0.312. The number of halogens is 3. The zero-order valence-corrected chi connectivity index (χ0v) is 10.4. The van der Waals surface area contributed by atoms with Crippen molar-refractivity contribution in [1.82, 2.24) is 5.16 Å². The summed E-state index contributed by atoms with van der Waals surface area (Å²) < 4.78 is 34.8. The first-order valence-electron chi connectivity index (χ1n) is 5.21. The molecule has 0 bridgehead atoms. The molecule has 0 fully saturated rings. The van der Waals surface area contributed by atoms with E-state index in [1.807, 2.05) is 0 Å². The number of carbonyl (C=O) groups is 1. The number of rotatable bonds is 3. The van der Waals surface area contributed by atoms with Crippen LogP contribution in [0.4, 0.5) is 8.78 Å². The van der Waals surface area contributed by atoms with Crippen LogP contribution in [0.1, 0.15) is 19.1 Å². The second-order valence-corrected chi connectivity index (χ2v) is 4.01. The van der Waals surface area contributed by atoms with Crippen molar-refractivity contribution in [3.63, 3.8) is 0 Å². The zero-order chi connectivity index (χ0) is 14.0. The zero-order valence-electron chi connectivity index (χ0n) is 9.69. The molecule has 0 saturated heterocycles. The summed E-state index contributed by atoms with van der Waals surface area (Å²) in [6, 6.07) is 6.44. The number of benzene rings is 1. The Morgan fingerprint density at radius 3 is 2.68 bits per heavy atom. The molecule has 0 aliphatic heterocycles. The van der Waals surface area contributed by atoms with E-state index in [9.17, 15) is 13.6 Å². The van der Waals surface area contributed by atoms with Crippen LogP contribution in [0, 0.1) is 0 Å². The van der Waals surface area contributed by atoms with E-state index in [4.69, 9.17) is 16.3 Å². The van der Waals surface area contributed by atoms with Crippen LogP contribution < -0.4 is 4.74 Å². The van der Waals surface area contributed by atoms with Gasteiger partial charge in [-0.15, -0.1) is 0 Å². The van der Waals surface area contributed by atoms with E-state index in [-0.39, 0.29) is 10.7 Å². The third kappa shape index (κ3) is 2.73. The van der Waals surface area contributed by atoms with E-state index in [1.54, 1.807) is 24.3 Å². The van der Waals surface area contributed by atoms with Crippen molar-refractivity contribution in [2.75, 3.05) is 0 Å². The molecule has 0 spiro atoms. The van der Waals surface area contributed by atoms with Gasteiger partial charge < -0.3 is 9.26 Å². The molecule has 0 aliphatic carbocycles. The highest BCUT2D eigenvalue weighted by Crippen LogP contribution is 2.40. The number of carbonyl (C=O) groups excluding carboxylic acids is 1. The predicted octanol–water partition coefficient (Wildman–Crippen LogP) is 3.86. The Labute approximate surface area is 111 Å². The minimum atomic E-state index is -2.95. The molecule has 0 saturated carbocycles. The van der Waals surface area contributed by atoms with Crippen molar-refractivity contribution in [2.45, 2.75) is 13.3 Å². The Kier molecular flexibility index (Phi) is 3.80. The lowest BCUT2D eigenvalue weighted by molar-refractivity contribution is -0.132. The molecule has 1 aromatic heterocycles. The van der Waals surface area contributed by atoms with Gasteiger partial charge in [-0.25, -0.2) is 8.78 Å². The number of hydrogen-bond donors (Lipinski definition) is 0. The molecular weight excluding hydrogens is 280 g/mol. The molecule has 0 aliphatic rings. The van der Waals surface area contributed by atoms with Gasteiger partial charge in [-0.3, -0.25) is 4.79 Å². The van der Waals surface area contributed by atoms with Gasteiger partial charge in [-0.05, 0) is 6.07 Å². The summed E-state index contributed by atoms with van der Waals surface area (Å²) in [6.45, 7) is 1.10. The van der Waals surface area contributed by atoms with Crippen LogP contribution in [0.2, 0.25) is 5.02 Å². The predicted molar refractivity (Wildman–Crippen MR) is 63.2 cm³/mol. The fourth-order valence-corrected chi connectivity index (χ4v) is 1.73. The van der Waals surface area contributed by atoms with Gasteiger partial charge in [0.25, 0.3) is 0 Å². The molecule has 0 amide bonds. The second-order valence-electron chi connectivity index (χ2n) is 3.60. The molecule has 0 unspecified atom stereocenters.